The van der Waals surface area contributed by atoms with Crippen molar-refractivity contribution >= 4 is 0 Å². The van der Waals surface area contributed by atoms with Gasteiger partial charge >= 0.3 is 6.18 Å². The molecule has 0 radical (unpaired) electrons. The number of alkyl halides is 3. The first-order valence-corrected chi connectivity index (χ1v) is 9.95. The molecular formula is C26H28F6. The van der Waals surface area contributed by atoms with Crippen LogP contribution >= 0.6 is 0 Å². The van der Waals surface area contributed by atoms with E-state index in [1.807, 2.05) is 26.0 Å². The van der Waals surface area contributed by atoms with Crippen LogP contribution in [0.3, 0.4) is 0 Å². The van der Waals surface area contributed by atoms with Gasteiger partial charge in [0, 0.05) is 0 Å². The number of aryl methyl sites for hydroxylation is 3. The maximum atomic E-state index is 13.0. The van der Waals surface area contributed by atoms with Crippen LogP contribution < -0.4 is 0 Å². The predicted octanol–water partition coefficient (Wildman–Crippen LogP) is 8.65. The Morgan fingerprint density at radius 1 is 0.500 bits per heavy atom. The molecule has 0 spiro atoms. The van der Waals surface area contributed by atoms with Crippen LogP contribution in [0.4, 0.5) is 26.3 Å². The van der Waals surface area contributed by atoms with Crippen LogP contribution in [0.5, 0.6) is 0 Å². The Hall–Kier alpha value is -2.76. The van der Waals surface area contributed by atoms with Gasteiger partial charge in [0.15, 0.2) is 0 Å². The first kappa shape index (κ1) is 27.3. The molecular weight excluding hydrogens is 426 g/mol. The summed E-state index contributed by atoms with van der Waals surface area (Å²) in [6.45, 7) is 11.8. The highest BCUT2D eigenvalue weighted by Crippen LogP contribution is 2.33. The van der Waals surface area contributed by atoms with Crippen LogP contribution in [0, 0.1) is 65.9 Å². The van der Waals surface area contributed by atoms with Gasteiger partial charge in [-0.3, -0.25) is 0 Å². The summed E-state index contributed by atoms with van der Waals surface area (Å²) in [6, 6.07) is 10.4. The van der Waals surface area contributed by atoms with Crippen molar-refractivity contribution in [1.82, 2.24) is 0 Å². The number of halogens is 6. The van der Waals surface area contributed by atoms with Gasteiger partial charge < -0.3 is 0 Å². The van der Waals surface area contributed by atoms with Crippen molar-refractivity contribution < 1.29 is 26.3 Å². The zero-order valence-corrected chi connectivity index (χ0v) is 19.3. The lowest BCUT2D eigenvalue weighted by Crippen LogP contribution is -2.09. The molecule has 0 N–H and O–H groups in total. The molecule has 0 fully saturated rings. The molecule has 0 amide bonds. The SMILES string of the molecule is Cc1c(F)ccc(C(F)(F)F)c1C.Cc1ccc(C)c(F)c1C.Cc1cccc(F)c1C. The second-order valence-electron chi connectivity index (χ2n) is 7.66. The van der Waals surface area contributed by atoms with Gasteiger partial charge in [-0.25, -0.2) is 13.2 Å². The van der Waals surface area contributed by atoms with Gasteiger partial charge in [-0.2, -0.15) is 13.2 Å². The van der Waals surface area contributed by atoms with Crippen LogP contribution in [0.25, 0.3) is 0 Å². The summed E-state index contributed by atoms with van der Waals surface area (Å²) in [7, 11) is 0. The molecule has 174 valence electrons. The minimum Gasteiger partial charge on any atom is -0.207 e. The average molecular weight is 454 g/mol. The molecule has 0 nitrogen and oxygen atoms in total. The highest BCUT2D eigenvalue weighted by atomic mass is 19.4. The fraction of sp³-hybridized carbons (Fsp3) is 0.308. The van der Waals surface area contributed by atoms with Crippen LogP contribution in [0.2, 0.25) is 0 Å². The van der Waals surface area contributed by atoms with E-state index >= 15 is 0 Å². The summed E-state index contributed by atoms with van der Waals surface area (Å²) < 4.78 is 75.1. The molecule has 0 unspecified atom stereocenters. The van der Waals surface area contributed by atoms with Gasteiger partial charge in [-0.1, -0.05) is 24.3 Å². The van der Waals surface area contributed by atoms with E-state index in [2.05, 4.69) is 0 Å². The van der Waals surface area contributed by atoms with Gasteiger partial charge in [-0.05, 0) is 106 Å². The first-order chi connectivity index (χ1) is 14.7. The van der Waals surface area contributed by atoms with E-state index in [0.717, 1.165) is 39.9 Å². The number of benzene rings is 3. The van der Waals surface area contributed by atoms with Crippen molar-refractivity contribution in [1.29, 1.82) is 0 Å². The smallest absolute Gasteiger partial charge is 0.207 e. The van der Waals surface area contributed by atoms with Gasteiger partial charge in [0.2, 0.25) is 0 Å². The number of hydrogen-bond acceptors (Lipinski definition) is 0. The maximum absolute atomic E-state index is 13.0. The quantitative estimate of drug-likeness (QED) is 0.298. The van der Waals surface area contributed by atoms with Gasteiger partial charge in [0.05, 0.1) is 5.56 Å². The molecule has 0 atom stereocenters. The van der Waals surface area contributed by atoms with E-state index < -0.39 is 17.6 Å². The highest BCUT2D eigenvalue weighted by molar-refractivity contribution is 5.36. The van der Waals surface area contributed by atoms with E-state index in [4.69, 9.17) is 0 Å². The van der Waals surface area contributed by atoms with E-state index in [0.29, 0.717) is 0 Å². The summed E-state index contributed by atoms with van der Waals surface area (Å²) in [4.78, 5) is 0. The molecule has 0 aliphatic rings. The van der Waals surface area contributed by atoms with E-state index in [1.54, 1.807) is 32.9 Å². The van der Waals surface area contributed by atoms with Crippen molar-refractivity contribution in [3.63, 3.8) is 0 Å². The third kappa shape index (κ3) is 7.14. The average Bonchev–Trinajstić information content (AvgIpc) is 2.71. The fourth-order valence-electron chi connectivity index (χ4n) is 2.73. The molecule has 32 heavy (non-hydrogen) atoms. The van der Waals surface area contributed by atoms with Crippen LogP contribution in [0.15, 0.2) is 42.5 Å². The van der Waals surface area contributed by atoms with Crippen LogP contribution in [0.1, 0.15) is 44.5 Å². The second kappa shape index (κ2) is 11.2. The molecule has 0 saturated heterocycles. The van der Waals surface area contributed by atoms with E-state index in [1.165, 1.54) is 19.9 Å². The van der Waals surface area contributed by atoms with Crippen LogP contribution in [-0.4, -0.2) is 0 Å². The van der Waals surface area contributed by atoms with Crippen molar-refractivity contribution in [3.05, 3.63) is 104 Å². The van der Waals surface area contributed by atoms with Crippen molar-refractivity contribution in [2.45, 2.75) is 54.6 Å². The summed E-state index contributed by atoms with van der Waals surface area (Å²) in [6.07, 6.45) is -4.40. The molecule has 0 heterocycles. The fourth-order valence-corrected chi connectivity index (χ4v) is 2.73. The standard InChI is InChI=1S/C9H8F4.C9H11F.C8H9F/c1-5-6(2)8(10)4-3-7(5)9(11,12)13;1-6-4-5-7(2)9(10)8(6)3;1-6-4-3-5-8(9)7(6)2/h3-4H,1-2H3;4-5H,1-3H3;3-5H,1-2H3. The first-order valence-electron chi connectivity index (χ1n) is 9.95. The van der Waals surface area contributed by atoms with Crippen molar-refractivity contribution in [3.8, 4) is 0 Å². The zero-order chi connectivity index (χ0) is 24.8. The Labute approximate surface area is 185 Å². The maximum Gasteiger partial charge on any atom is 0.416 e. The molecule has 3 rings (SSSR count). The predicted molar refractivity (Wildman–Crippen MR) is 117 cm³/mol. The lowest BCUT2D eigenvalue weighted by Gasteiger charge is -2.12. The molecule has 3 aromatic rings. The van der Waals surface area contributed by atoms with Gasteiger partial charge in [-0.15, -0.1) is 0 Å². The molecule has 0 aliphatic heterocycles. The Morgan fingerprint density at radius 2 is 1.00 bits per heavy atom. The largest absolute Gasteiger partial charge is 0.416 e. The zero-order valence-electron chi connectivity index (χ0n) is 19.3. The molecule has 0 aliphatic carbocycles. The van der Waals surface area contributed by atoms with Gasteiger partial charge in [0.25, 0.3) is 0 Å². The number of rotatable bonds is 0. The Bertz CT molecular complexity index is 1020. The summed E-state index contributed by atoms with van der Waals surface area (Å²) in [5, 5.41) is 0. The molecule has 0 bridgehead atoms. The normalized spacial score (nSPS) is 10.7. The lowest BCUT2D eigenvalue weighted by molar-refractivity contribution is -0.138. The Balaban J connectivity index is 0.000000245. The second-order valence-corrected chi connectivity index (χ2v) is 7.66. The monoisotopic (exact) mass is 454 g/mol. The summed E-state index contributed by atoms with van der Waals surface area (Å²) in [5.74, 6) is -0.791. The van der Waals surface area contributed by atoms with E-state index in [-0.39, 0.29) is 22.8 Å². The lowest BCUT2D eigenvalue weighted by atomic mass is 10.0. The molecule has 3 aromatic carbocycles. The molecule has 6 heteroatoms. The van der Waals surface area contributed by atoms with E-state index in [9.17, 15) is 26.3 Å². The van der Waals surface area contributed by atoms with Gasteiger partial charge in [0.1, 0.15) is 17.5 Å². The van der Waals surface area contributed by atoms with Crippen LogP contribution in [-0.2, 0) is 6.18 Å². The molecule has 0 aromatic heterocycles. The van der Waals surface area contributed by atoms with Crippen molar-refractivity contribution in [2.75, 3.05) is 0 Å². The third-order valence-electron chi connectivity index (χ3n) is 5.42. The summed E-state index contributed by atoms with van der Waals surface area (Å²) in [5.41, 5.74) is 3.49. The van der Waals surface area contributed by atoms with Crippen molar-refractivity contribution in [2.24, 2.45) is 0 Å². The number of hydrogen-bond donors (Lipinski definition) is 0. The Morgan fingerprint density at radius 3 is 1.47 bits per heavy atom. The highest BCUT2D eigenvalue weighted by Gasteiger charge is 2.33. The summed E-state index contributed by atoms with van der Waals surface area (Å²) >= 11 is 0. The molecule has 0 saturated carbocycles. The topological polar surface area (TPSA) is 0 Å². The minimum absolute atomic E-state index is 0.0486. The Kier molecular flexibility index (Phi) is 9.55. The third-order valence-corrected chi connectivity index (χ3v) is 5.42. The minimum atomic E-state index is -4.40.